The van der Waals surface area contributed by atoms with Crippen molar-refractivity contribution in [2.24, 2.45) is 0 Å². The summed E-state index contributed by atoms with van der Waals surface area (Å²) >= 11 is 0. The van der Waals surface area contributed by atoms with Gasteiger partial charge in [0.2, 0.25) is 5.95 Å². The third kappa shape index (κ3) is 4.02. The third-order valence-corrected chi connectivity index (χ3v) is 6.54. The number of rotatable bonds is 6. The molecule has 0 bridgehead atoms. The van der Waals surface area contributed by atoms with Gasteiger partial charge >= 0.3 is 6.18 Å². The number of halogens is 3. The molecule has 1 unspecified atom stereocenters. The van der Waals surface area contributed by atoms with Crippen LogP contribution in [0.5, 0.6) is 0 Å². The van der Waals surface area contributed by atoms with Crippen molar-refractivity contribution < 1.29 is 17.4 Å². The van der Waals surface area contributed by atoms with Gasteiger partial charge in [0, 0.05) is 23.4 Å². The van der Waals surface area contributed by atoms with E-state index < -0.39 is 22.5 Å². The topological polar surface area (TPSA) is 84.7 Å². The molecule has 0 amide bonds. The summed E-state index contributed by atoms with van der Waals surface area (Å²) in [5.41, 5.74) is 1.12. The fourth-order valence-corrected chi connectivity index (χ4v) is 4.30. The van der Waals surface area contributed by atoms with Crippen LogP contribution in [0, 0.1) is 6.92 Å². The van der Waals surface area contributed by atoms with Crippen molar-refractivity contribution in [2.45, 2.75) is 36.1 Å². The van der Waals surface area contributed by atoms with Gasteiger partial charge in [-0.3, -0.25) is 4.21 Å². The fraction of sp³-hybridized carbons (Fsp3) is 0.316. The van der Waals surface area contributed by atoms with Crippen LogP contribution in [0.25, 0.3) is 5.69 Å². The Morgan fingerprint density at radius 2 is 1.87 bits per heavy atom. The lowest BCUT2D eigenvalue weighted by molar-refractivity contribution is -0.137. The average molecular weight is 436 g/mol. The Hall–Kier alpha value is -2.95. The Labute approximate surface area is 173 Å². The molecule has 3 aromatic rings. The van der Waals surface area contributed by atoms with Crippen LogP contribution in [0.15, 0.2) is 41.6 Å². The number of hydrogen-bond acceptors (Lipinski definition) is 6. The van der Waals surface area contributed by atoms with Gasteiger partial charge in [-0.1, -0.05) is 0 Å². The standard InChI is InChI=1S/C19H19F3N6OS/c1-11-16(26-18-24-9-15(19(20,21)22)17(23-2)27-18)10-25-28(11)12-3-5-13(6-4-12)30(29)14-7-8-14/h3-6,9-10,14H,7-8H2,1-2H3,(H2,23,24,26,27). The maximum Gasteiger partial charge on any atom is 0.421 e. The van der Waals surface area contributed by atoms with Crippen LogP contribution in [0.3, 0.4) is 0 Å². The van der Waals surface area contributed by atoms with Crippen molar-refractivity contribution in [1.29, 1.82) is 0 Å². The Morgan fingerprint density at radius 1 is 1.17 bits per heavy atom. The summed E-state index contributed by atoms with van der Waals surface area (Å²) in [6, 6.07) is 7.34. The van der Waals surface area contributed by atoms with Crippen molar-refractivity contribution in [3.63, 3.8) is 0 Å². The van der Waals surface area contributed by atoms with Crippen LogP contribution in [0.4, 0.5) is 30.6 Å². The highest BCUT2D eigenvalue weighted by Crippen LogP contribution is 2.34. The molecule has 2 N–H and O–H groups in total. The number of hydrogen-bond donors (Lipinski definition) is 2. The smallest absolute Gasteiger partial charge is 0.372 e. The Bertz CT molecular complexity index is 1090. The number of anilines is 3. The second-order valence-electron chi connectivity index (χ2n) is 6.87. The van der Waals surface area contributed by atoms with Crippen molar-refractivity contribution in [2.75, 3.05) is 17.7 Å². The van der Waals surface area contributed by atoms with E-state index >= 15 is 0 Å². The molecule has 4 rings (SSSR count). The first-order valence-electron chi connectivity index (χ1n) is 9.22. The summed E-state index contributed by atoms with van der Waals surface area (Å²) in [5.74, 6) is -0.297. The minimum Gasteiger partial charge on any atom is -0.372 e. The monoisotopic (exact) mass is 436 g/mol. The molecule has 0 saturated heterocycles. The molecule has 1 saturated carbocycles. The zero-order valence-electron chi connectivity index (χ0n) is 16.2. The molecule has 7 nitrogen and oxygen atoms in total. The van der Waals surface area contributed by atoms with Crippen molar-refractivity contribution >= 4 is 28.3 Å². The normalized spacial score (nSPS) is 15.1. The maximum atomic E-state index is 13.0. The maximum absolute atomic E-state index is 13.0. The zero-order chi connectivity index (χ0) is 21.5. The molecule has 30 heavy (non-hydrogen) atoms. The van der Waals surface area contributed by atoms with Gasteiger partial charge in [-0.05, 0) is 44.0 Å². The Morgan fingerprint density at radius 3 is 2.47 bits per heavy atom. The summed E-state index contributed by atoms with van der Waals surface area (Å²) in [7, 11) is 0.394. The molecule has 1 fully saturated rings. The van der Waals surface area contributed by atoms with Crippen molar-refractivity contribution in [3.05, 3.63) is 47.9 Å². The van der Waals surface area contributed by atoms with E-state index in [4.69, 9.17) is 0 Å². The Balaban J connectivity index is 1.56. The molecule has 2 heterocycles. The first kappa shape index (κ1) is 20.3. The molecule has 158 valence electrons. The number of nitrogens with one attached hydrogen (secondary N) is 2. The highest BCUT2D eigenvalue weighted by Gasteiger charge is 2.35. The first-order valence-corrected chi connectivity index (χ1v) is 10.4. The number of benzene rings is 1. The summed E-state index contributed by atoms with van der Waals surface area (Å²) in [6.07, 6.45) is -0.260. The molecule has 1 aliphatic rings. The zero-order valence-corrected chi connectivity index (χ0v) is 17.0. The molecule has 1 atom stereocenters. The van der Waals surface area contributed by atoms with Gasteiger partial charge in [0.15, 0.2) is 0 Å². The van der Waals surface area contributed by atoms with Crippen molar-refractivity contribution in [3.8, 4) is 5.69 Å². The van der Waals surface area contributed by atoms with Crippen LogP contribution < -0.4 is 10.6 Å². The Kier molecular flexibility index (Phi) is 5.22. The second-order valence-corrected chi connectivity index (χ2v) is 8.61. The van der Waals surface area contributed by atoms with Gasteiger partial charge in [-0.15, -0.1) is 0 Å². The van der Waals surface area contributed by atoms with Gasteiger partial charge < -0.3 is 10.6 Å². The number of nitrogens with zero attached hydrogens (tertiary/aromatic N) is 4. The molecule has 0 radical (unpaired) electrons. The molecule has 0 aliphatic heterocycles. The second kappa shape index (κ2) is 7.71. The number of alkyl halides is 3. The van der Waals surface area contributed by atoms with Gasteiger partial charge in [0.25, 0.3) is 0 Å². The van der Waals surface area contributed by atoms with E-state index in [0.29, 0.717) is 5.69 Å². The predicted octanol–water partition coefficient (Wildman–Crippen LogP) is 4.04. The predicted molar refractivity (Wildman–Crippen MR) is 108 cm³/mol. The van der Waals surface area contributed by atoms with Crippen LogP contribution in [-0.2, 0) is 17.0 Å². The molecular weight excluding hydrogens is 417 g/mol. The van der Waals surface area contributed by atoms with Gasteiger partial charge in [0.05, 0.1) is 34.1 Å². The van der Waals surface area contributed by atoms with E-state index in [1.165, 1.54) is 7.05 Å². The molecule has 0 spiro atoms. The minimum atomic E-state index is -4.55. The SMILES string of the molecule is CNc1nc(Nc2cnn(-c3ccc(S(=O)C4CC4)cc3)c2C)ncc1C(F)(F)F. The summed E-state index contributed by atoms with van der Waals surface area (Å²) in [5, 5.41) is 9.95. The van der Waals surface area contributed by atoms with Crippen LogP contribution in [0.2, 0.25) is 0 Å². The molecule has 1 aromatic carbocycles. The summed E-state index contributed by atoms with van der Waals surface area (Å²) in [4.78, 5) is 8.47. The van der Waals surface area contributed by atoms with E-state index in [1.807, 2.05) is 31.2 Å². The van der Waals surface area contributed by atoms with Gasteiger partial charge in [-0.25, -0.2) is 9.67 Å². The lowest BCUT2D eigenvalue weighted by Crippen LogP contribution is -2.12. The van der Waals surface area contributed by atoms with Crippen molar-refractivity contribution in [1.82, 2.24) is 19.7 Å². The quantitative estimate of drug-likeness (QED) is 0.607. The molecular formula is C19H19F3N6OS. The third-order valence-electron chi connectivity index (χ3n) is 4.73. The molecule has 1 aliphatic carbocycles. The lowest BCUT2D eigenvalue weighted by atomic mass is 10.3. The minimum absolute atomic E-state index is 0.0187. The number of aromatic nitrogens is 4. The average Bonchev–Trinajstić information content (AvgIpc) is 3.51. The highest BCUT2D eigenvalue weighted by atomic mass is 32.2. The first-order chi connectivity index (χ1) is 14.3. The van der Waals surface area contributed by atoms with Crippen LogP contribution in [0.1, 0.15) is 24.1 Å². The van der Waals surface area contributed by atoms with E-state index in [9.17, 15) is 17.4 Å². The molecule has 11 heteroatoms. The summed E-state index contributed by atoms with van der Waals surface area (Å²) < 4.78 is 52.9. The fourth-order valence-electron chi connectivity index (χ4n) is 2.95. The van der Waals surface area contributed by atoms with E-state index in [0.717, 1.165) is 35.3 Å². The lowest BCUT2D eigenvalue weighted by Gasteiger charge is -2.12. The van der Waals surface area contributed by atoms with E-state index in [-0.39, 0.29) is 17.0 Å². The van der Waals surface area contributed by atoms with Gasteiger partial charge in [0.1, 0.15) is 11.4 Å². The largest absolute Gasteiger partial charge is 0.421 e. The van der Waals surface area contributed by atoms with E-state index in [1.54, 1.807) is 10.9 Å². The van der Waals surface area contributed by atoms with Gasteiger partial charge in [-0.2, -0.15) is 23.3 Å². The van der Waals surface area contributed by atoms with Crippen LogP contribution >= 0.6 is 0 Å². The highest BCUT2D eigenvalue weighted by molar-refractivity contribution is 7.86. The van der Waals surface area contributed by atoms with Crippen LogP contribution in [-0.4, -0.2) is 36.3 Å². The summed E-state index contributed by atoms with van der Waals surface area (Å²) in [6.45, 7) is 1.81. The van der Waals surface area contributed by atoms with E-state index in [2.05, 4.69) is 25.7 Å². The molecule has 2 aromatic heterocycles.